The number of methoxy groups -OCH3 is 2. The minimum atomic E-state index is -0.941. The second-order valence-corrected chi connectivity index (χ2v) is 11.7. The third kappa shape index (κ3) is 6.19. The average molecular weight is 620 g/mol. The molecule has 238 valence electrons. The van der Waals surface area contributed by atoms with Gasteiger partial charge in [0.2, 0.25) is 5.91 Å². The molecule has 0 spiro atoms. The highest BCUT2D eigenvalue weighted by molar-refractivity contribution is 6.05. The van der Waals surface area contributed by atoms with Crippen LogP contribution in [0.15, 0.2) is 54.3 Å². The summed E-state index contributed by atoms with van der Waals surface area (Å²) in [5.41, 5.74) is 1.54. The predicted octanol–water partition coefficient (Wildman–Crippen LogP) is 4.13. The first-order valence-corrected chi connectivity index (χ1v) is 15.1. The Bertz CT molecular complexity index is 1520. The van der Waals surface area contributed by atoms with E-state index in [9.17, 15) is 29.3 Å². The second-order valence-electron chi connectivity index (χ2n) is 11.7. The van der Waals surface area contributed by atoms with Crippen LogP contribution >= 0.6 is 0 Å². The van der Waals surface area contributed by atoms with Gasteiger partial charge in [0.25, 0.3) is 5.69 Å². The normalized spacial score (nSPS) is 24.5. The number of hydrogen-bond acceptors (Lipinski definition) is 10. The van der Waals surface area contributed by atoms with E-state index < -0.39 is 16.6 Å². The summed E-state index contributed by atoms with van der Waals surface area (Å²) >= 11 is 0. The van der Waals surface area contributed by atoms with Gasteiger partial charge >= 0.3 is 11.9 Å². The molecule has 2 saturated heterocycles. The Hall–Kier alpha value is -4.58. The van der Waals surface area contributed by atoms with E-state index in [4.69, 9.17) is 14.2 Å². The van der Waals surface area contributed by atoms with Crippen LogP contribution in [0.25, 0.3) is 0 Å². The number of anilines is 1. The average Bonchev–Trinajstić information content (AvgIpc) is 3.58. The molecule has 45 heavy (non-hydrogen) atoms. The lowest BCUT2D eigenvalue weighted by Gasteiger charge is -2.41. The highest BCUT2D eigenvalue weighted by Gasteiger charge is 2.49. The molecule has 3 heterocycles. The van der Waals surface area contributed by atoms with Crippen LogP contribution in [0.2, 0.25) is 0 Å². The van der Waals surface area contributed by atoms with Gasteiger partial charge in [0, 0.05) is 36.4 Å². The van der Waals surface area contributed by atoms with Crippen LogP contribution in [0.5, 0.6) is 0 Å². The number of para-hydroxylation sites is 1. The van der Waals surface area contributed by atoms with Gasteiger partial charge < -0.3 is 19.1 Å². The van der Waals surface area contributed by atoms with Gasteiger partial charge in [-0.1, -0.05) is 31.5 Å². The molecule has 12 nitrogen and oxygen atoms in total. The number of aldehydes is 1. The molecule has 2 fully saturated rings. The van der Waals surface area contributed by atoms with Crippen molar-refractivity contribution in [1.82, 2.24) is 4.90 Å². The second kappa shape index (κ2) is 13.6. The van der Waals surface area contributed by atoms with E-state index in [2.05, 4.69) is 11.8 Å². The number of carbonyl (C=O) groups excluding carboxylic acids is 4. The van der Waals surface area contributed by atoms with Crippen molar-refractivity contribution in [2.75, 3.05) is 45.4 Å². The number of esters is 2. The Morgan fingerprint density at radius 2 is 1.89 bits per heavy atom. The fraction of sp³-hybridized carbons (Fsp3) is 0.455. The summed E-state index contributed by atoms with van der Waals surface area (Å²) in [6, 6.07) is 11.3. The summed E-state index contributed by atoms with van der Waals surface area (Å²) in [6.45, 7) is 3.56. The molecule has 3 aliphatic heterocycles. The van der Waals surface area contributed by atoms with Crippen molar-refractivity contribution in [1.29, 1.82) is 0 Å². The van der Waals surface area contributed by atoms with Crippen molar-refractivity contribution in [2.45, 2.75) is 38.1 Å². The molecular formula is C33H37N3O9. The molecule has 0 radical (unpaired) electrons. The fourth-order valence-electron chi connectivity index (χ4n) is 7.33. The van der Waals surface area contributed by atoms with Crippen LogP contribution in [0.3, 0.4) is 0 Å². The number of hydrogen-bond donors (Lipinski definition) is 0. The Labute approximate surface area is 261 Å². The number of nitrogens with zero attached hydrogens (tertiary/aromatic N) is 3. The van der Waals surface area contributed by atoms with Crippen LogP contribution in [0, 0.1) is 27.9 Å². The number of amides is 1. The van der Waals surface area contributed by atoms with Crippen LogP contribution < -0.4 is 4.90 Å². The van der Waals surface area contributed by atoms with E-state index >= 15 is 0 Å². The molecule has 0 N–H and O–H groups in total. The van der Waals surface area contributed by atoms with Crippen LogP contribution in [0.1, 0.15) is 58.4 Å². The minimum absolute atomic E-state index is 0.0109. The lowest BCUT2D eigenvalue weighted by atomic mass is 9.76. The van der Waals surface area contributed by atoms with E-state index in [1.165, 1.54) is 26.5 Å². The van der Waals surface area contributed by atoms with Crippen molar-refractivity contribution in [2.24, 2.45) is 17.8 Å². The van der Waals surface area contributed by atoms with Crippen LogP contribution in [-0.2, 0) is 23.8 Å². The van der Waals surface area contributed by atoms with Crippen LogP contribution in [-0.4, -0.2) is 80.5 Å². The molecule has 0 aliphatic carbocycles. The molecule has 12 heteroatoms. The van der Waals surface area contributed by atoms with Gasteiger partial charge in [-0.15, -0.1) is 0 Å². The molecule has 2 aromatic carbocycles. The van der Waals surface area contributed by atoms with Gasteiger partial charge in [-0.3, -0.25) is 24.6 Å². The summed E-state index contributed by atoms with van der Waals surface area (Å²) in [4.78, 5) is 65.4. The molecule has 5 rings (SSSR count). The number of rotatable bonds is 11. The lowest BCUT2D eigenvalue weighted by Crippen LogP contribution is -2.45. The maximum Gasteiger partial charge on any atom is 0.345 e. The molecule has 3 aliphatic rings. The Morgan fingerprint density at radius 1 is 1.11 bits per heavy atom. The SMILES string of the molecule is CC[C@H]1CN2CC(C3C(=O)N(CCOC(=O)c4cc(C=O)ccc4[N+](=O)[O-])c4ccccc43)CC2C[C@@H]1/C(=C\OC)C(=O)OC. The van der Waals surface area contributed by atoms with Crippen molar-refractivity contribution in [3.05, 3.63) is 81.1 Å². The first-order chi connectivity index (χ1) is 21.7. The molecule has 2 aromatic rings. The largest absolute Gasteiger partial charge is 0.504 e. The molecule has 0 saturated carbocycles. The third-order valence-corrected chi connectivity index (χ3v) is 9.40. The standard InChI is InChI=1S/C33H37N3O9/c1-4-21-16-34-17-22(14-23(34)15-25(21)27(19-43-2)32(39)44-3)30-24-7-5-6-8-28(24)35(31(30)38)11-12-45-33(40)26-13-20(18-37)9-10-29(26)36(41)42/h5-10,13,18-19,21-23,25,30H,4,11-12,14-17H2,1-3H3/b27-19+/t21-,22?,23?,25-,30?/m0/s1. The fourth-order valence-corrected chi connectivity index (χ4v) is 7.33. The molecule has 0 aromatic heterocycles. The number of benzene rings is 2. The summed E-state index contributed by atoms with van der Waals surface area (Å²) < 4.78 is 15.7. The van der Waals surface area contributed by atoms with Gasteiger partial charge in [0.15, 0.2) is 0 Å². The minimum Gasteiger partial charge on any atom is -0.504 e. The maximum atomic E-state index is 14.0. The van der Waals surface area contributed by atoms with E-state index in [1.54, 1.807) is 4.90 Å². The number of fused-ring (bicyclic) bond motifs is 2. The van der Waals surface area contributed by atoms with E-state index in [0.29, 0.717) is 11.9 Å². The van der Waals surface area contributed by atoms with Gasteiger partial charge in [0.05, 0.1) is 43.4 Å². The molecule has 1 amide bonds. The van der Waals surface area contributed by atoms with Crippen molar-refractivity contribution in [3.8, 4) is 0 Å². The number of piperidine rings is 1. The monoisotopic (exact) mass is 619 g/mol. The van der Waals surface area contributed by atoms with Crippen molar-refractivity contribution < 1.29 is 38.3 Å². The molecular weight excluding hydrogens is 582 g/mol. The summed E-state index contributed by atoms with van der Waals surface area (Å²) in [5.74, 6) is -1.50. The van der Waals surface area contributed by atoms with E-state index in [1.807, 2.05) is 24.3 Å². The van der Waals surface area contributed by atoms with Crippen LogP contribution in [0.4, 0.5) is 11.4 Å². The molecule has 3 unspecified atom stereocenters. The zero-order valence-electron chi connectivity index (χ0n) is 25.5. The first kappa shape index (κ1) is 31.8. The zero-order valence-corrected chi connectivity index (χ0v) is 25.5. The van der Waals surface area contributed by atoms with Gasteiger partial charge in [-0.2, -0.15) is 0 Å². The summed E-state index contributed by atoms with van der Waals surface area (Å²) in [6.07, 6.45) is 4.43. The number of nitro groups is 1. The topological polar surface area (TPSA) is 146 Å². The van der Waals surface area contributed by atoms with Gasteiger partial charge in [-0.25, -0.2) is 9.59 Å². The lowest BCUT2D eigenvalue weighted by molar-refractivity contribution is -0.385. The highest BCUT2D eigenvalue weighted by Crippen LogP contribution is 2.48. The number of ether oxygens (including phenoxy) is 3. The summed E-state index contributed by atoms with van der Waals surface area (Å²) in [7, 11) is 2.90. The van der Waals surface area contributed by atoms with Gasteiger partial charge in [0.1, 0.15) is 18.5 Å². The summed E-state index contributed by atoms with van der Waals surface area (Å²) in [5, 5.41) is 11.4. The number of carbonyl (C=O) groups is 4. The predicted molar refractivity (Wildman–Crippen MR) is 163 cm³/mol. The van der Waals surface area contributed by atoms with E-state index in [0.717, 1.165) is 55.7 Å². The Balaban J connectivity index is 1.30. The molecule has 5 atom stereocenters. The number of nitro benzene ring substituents is 1. The van der Waals surface area contributed by atoms with Gasteiger partial charge in [-0.05, 0) is 54.4 Å². The first-order valence-electron chi connectivity index (χ1n) is 15.1. The highest BCUT2D eigenvalue weighted by atomic mass is 16.6. The Morgan fingerprint density at radius 3 is 2.58 bits per heavy atom. The quantitative estimate of drug-likeness (QED) is 0.0899. The van der Waals surface area contributed by atoms with E-state index in [-0.39, 0.29) is 65.9 Å². The maximum absolute atomic E-state index is 14.0. The third-order valence-electron chi connectivity index (χ3n) is 9.40. The van der Waals surface area contributed by atoms with Crippen molar-refractivity contribution in [3.63, 3.8) is 0 Å². The Kier molecular flexibility index (Phi) is 9.62. The molecule has 0 bridgehead atoms. The van der Waals surface area contributed by atoms with Crippen molar-refractivity contribution >= 4 is 35.5 Å². The zero-order chi connectivity index (χ0) is 32.2. The smallest absolute Gasteiger partial charge is 0.345 e.